The number of nitrogens with one attached hydrogen (secondary N) is 1. The van der Waals surface area contributed by atoms with Gasteiger partial charge < -0.3 is 19.7 Å². The number of nitrogens with zero attached hydrogens (tertiary/aromatic N) is 1. The van der Waals surface area contributed by atoms with Gasteiger partial charge in [0.15, 0.2) is 6.61 Å². The van der Waals surface area contributed by atoms with Gasteiger partial charge >= 0.3 is 5.97 Å². The highest BCUT2D eigenvalue weighted by atomic mass is 19.1. The maximum Gasteiger partial charge on any atom is 0.340 e. The fourth-order valence-corrected chi connectivity index (χ4v) is 1.58. The molecule has 0 aliphatic rings. The summed E-state index contributed by atoms with van der Waals surface area (Å²) in [7, 11) is 0. The van der Waals surface area contributed by atoms with Gasteiger partial charge in [-0.1, -0.05) is 6.07 Å². The largest absolute Gasteiger partial charge is 0.478 e. The van der Waals surface area contributed by atoms with Crippen molar-refractivity contribution in [2.24, 2.45) is 0 Å². The predicted molar refractivity (Wildman–Crippen MR) is 68.7 cm³/mol. The van der Waals surface area contributed by atoms with Gasteiger partial charge in [-0.2, -0.15) is 0 Å². The lowest BCUT2D eigenvalue weighted by Crippen LogP contribution is -2.22. The standard InChI is InChI=1S/C13H11FN2O5/c1-7-5-11(16-21-7)20-6-10(17)15-9-4-2-3-8(14)12(9)13(18)19/h2-5H,6H2,1H3,(H,15,17)(H,18,19). The lowest BCUT2D eigenvalue weighted by molar-refractivity contribution is -0.118. The Morgan fingerprint density at radius 3 is 2.86 bits per heavy atom. The molecular weight excluding hydrogens is 283 g/mol. The molecule has 2 aromatic rings. The molecule has 1 heterocycles. The number of aryl methyl sites for hydroxylation is 1. The normalized spacial score (nSPS) is 10.2. The number of rotatable bonds is 5. The molecule has 0 fully saturated rings. The molecule has 21 heavy (non-hydrogen) atoms. The van der Waals surface area contributed by atoms with Crippen LogP contribution in [0, 0.1) is 12.7 Å². The number of aromatic carboxylic acids is 1. The number of carbonyl (C=O) groups excluding carboxylic acids is 1. The van der Waals surface area contributed by atoms with Crippen molar-refractivity contribution in [1.82, 2.24) is 5.16 Å². The number of amides is 1. The van der Waals surface area contributed by atoms with E-state index in [-0.39, 0.29) is 11.6 Å². The summed E-state index contributed by atoms with van der Waals surface area (Å²) in [6, 6.07) is 5.05. The highest BCUT2D eigenvalue weighted by Gasteiger charge is 2.17. The van der Waals surface area contributed by atoms with E-state index < -0.39 is 29.9 Å². The van der Waals surface area contributed by atoms with Crippen molar-refractivity contribution in [2.45, 2.75) is 6.92 Å². The average molecular weight is 294 g/mol. The third kappa shape index (κ3) is 3.56. The Kier molecular flexibility index (Phi) is 4.17. The molecule has 8 heteroatoms. The second-order valence-electron chi connectivity index (χ2n) is 4.08. The molecule has 0 aliphatic carbocycles. The first-order chi connectivity index (χ1) is 9.97. The van der Waals surface area contributed by atoms with E-state index in [0.717, 1.165) is 6.07 Å². The Morgan fingerprint density at radius 2 is 2.24 bits per heavy atom. The summed E-state index contributed by atoms with van der Waals surface area (Å²) in [4.78, 5) is 22.6. The van der Waals surface area contributed by atoms with Gasteiger partial charge in [-0.25, -0.2) is 9.18 Å². The molecule has 2 rings (SSSR count). The molecule has 7 nitrogen and oxygen atoms in total. The van der Waals surface area contributed by atoms with Crippen LogP contribution in [0.2, 0.25) is 0 Å². The summed E-state index contributed by atoms with van der Waals surface area (Å²) < 4.78 is 23.2. The van der Waals surface area contributed by atoms with Crippen molar-refractivity contribution < 1.29 is 28.3 Å². The Labute approximate surface area is 118 Å². The molecular formula is C13H11FN2O5. The van der Waals surface area contributed by atoms with Crippen LogP contribution in [0.5, 0.6) is 5.88 Å². The van der Waals surface area contributed by atoms with Crippen LogP contribution >= 0.6 is 0 Å². The molecule has 0 saturated carbocycles. The molecule has 0 saturated heterocycles. The van der Waals surface area contributed by atoms with E-state index in [2.05, 4.69) is 10.5 Å². The smallest absolute Gasteiger partial charge is 0.340 e. The monoisotopic (exact) mass is 294 g/mol. The lowest BCUT2D eigenvalue weighted by atomic mass is 10.1. The molecule has 110 valence electrons. The number of hydrogen-bond acceptors (Lipinski definition) is 5. The number of aromatic nitrogens is 1. The van der Waals surface area contributed by atoms with Crippen LogP contribution in [0.3, 0.4) is 0 Å². The van der Waals surface area contributed by atoms with Gasteiger partial charge in [-0.05, 0) is 24.2 Å². The fourth-order valence-electron chi connectivity index (χ4n) is 1.58. The summed E-state index contributed by atoms with van der Waals surface area (Å²) in [6.45, 7) is 1.24. The van der Waals surface area contributed by atoms with Crippen molar-refractivity contribution in [1.29, 1.82) is 0 Å². The second-order valence-corrected chi connectivity index (χ2v) is 4.08. The molecule has 0 spiro atoms. The van der Waals surface area contributed by atoms with E-state index in [4.69, 9.17) is 14.4 Å². The number of carbonyl (C=O) groups is 2. The van der Waals surface area contributed by atoms with E-state index in [0.29, 0.717) is 5.76 Å². The molecule has 1 aromatic carbocycles. The number of anilines is 1. The highest BCUT2D eigenvalue weighted by Crippen LogP contribution is 2.19. The number of halogens is 1. The Balaban J connectivity index is 2.03. The first-order valence-corrected chi connectivity index (χ1v) is 5.85. The molecule has 0 atom stereocenters. The highest BCUT2D eigenvalue weighted by molar-refractivity contribution is 6.01. The van der Waals surface area contributed by atoms with E-state index in [1.165, 1.54) is 18.2 Å². The zero-order valence-electron chi connectivity index (χ0n) is 10.9. The van der Waals surface area contributed by atoms with E-state index in [9.17, 15) is 14.0 Å². The van der Waals surface area contributed by atoms with Crippen molar-refractivity contribution in [3.05, 3.63) is 41.4 Å². The van der Waals surface area contributed by atoms with E-state index in [1.807, 2.05) is 0 Å². The summed E-state index contributed by atoms with van der Waals surface area (Å²) in [5.74, 6) is -2.42. The Morgan fingerprint density at radius 1 is 1.48 bits per heavy atom. The topological polar surface area (TPSA) is 102 Å². The predicted octanol–water partition coefficient (Wildman–Crippen LogP) is 1.84. The van der Waals surface area contributed by atoms with Crippen LogP contribution in [0.25, 0.3) is 0 Å². The van der Waals surface area contributed by atoms with Gasteiger partial charge in [-0.15, -0.1) is 0 Å². The van der Waals surface area contributed by atoms with Crippen molar-refractivity contribution in [3.8, 4) is 5.88 Å². The zero-order chi connectivity index (χ0) is 15.4. The van der Waals surface area contributed by atoms with E-state index in [1.54, 1.807) is 6.92 Å². The molecule has 1 amide bonds. The molecule has 0 unspecified atom stereocenters. The minimum absolute atomic E-state index is 0.125. The molecule has 0 aliphatic heterocycles. The average Bonchev–Trinajstić information content (AvgIpc) is 2.82. The van der Waals surface area contributed by atoms with Crippen molar-refractivity contribution in [2.75, 3.05) is 11.9 Å². The fraction of sp³-hybridized carbons (Fsp3) is 0.154. The quantitative estimate of drug-likeness (QED) is 0.872. The van der Waals surface area contributed by atoms with Crippen LogP contribution in [-0.2, 0) is 4.79 Å². The number of hydrogen-bond donors (Lipinski definition) is 2. The van der Waals surface area contributed by atoms with E-state index >= 15 is 0 Å². The number of benzene rings is 1. The third-order valence-corrected chi connectivity index (χ3v) is 2.46. The maximum absolute atomic E-state index is 13.4. The zero-order valence-corrected chi connectivity index (χ0v) is 10.9. The maximum atomic E-state index is 13.4. The first-order valence-electron chi connectivity index (χ1n) is 5.85. The number of ether oxygens (including phenoxy) is 1. The number of carboxylic acid groups (broad SMARTS) is 1. The van der Waals surface area contributed by atoms with Gasteiger partial charge in [0.05, 0.1) is 5.69 Å². The Bertz CT molecular complexity index is 683. The van der Waals surface area contributed by atoms with Gasteiger partial charge in [0.1, 0.15) is 17.1 Å². The lowest BCUT2D eigenvalue weighted by Gasteiger charge is -2.09. The second kappa shape index (κ2) is 6.04. The van der Waals surface area contributed by atoms with Crippen LogP contribution in [0.1, 0.15) is 16.1 Å². The molecule has 0 radical (unpaired) electrons. The van der Waals surface area contributed by atoms with Gasteiger partial charge in [-0.3, -0.25) is 4.79 Å². The van der Waals surface area contributed by atoms with Gasteiger partial charge in [0.25, 0.3) is 11.8 Å². The Hall–Kier alpha value is -2.90. The SMILES string of the molecule is Cc1cc(OCC(=O)Nc2cccc(F)c2C(=O)O)no1. The van der Waals surface area contributed by atoms with Gasteiger partial charge in [0.2, 0.25) is 0 Å². The number of carboxylic acids is 1. The molecule has 0 bridgehead atoms. The van der Waals surface area contributed by atoms with Crippen LogP contribution in [0.15, 0.2) is 28.8 Å². The van der Waals surface area contributed by atoms with Gasteiger partial charge in [0, 0.05) is 6.07 Å². The summed E-state index contributed by atoms with van der Waals surface area (Å²) >= 11 is 0. The van der Waals surface area contributed by atoms with Crippen LogP contribution in [0.4, 0.5) is 10.1 Å². The summed E-state index contributed by atoms with van der Waals surface area (Å²) in [5.41, 5.74) is -0.754. The van der Waals surface area contributed by atoms with Crippen LogP contribution < -0.4 is 10.1 Å². The summed E-state index contributed by atoms with van der Waals surface area (Å²) in [5, 5.41) is 14.7. The van der Waals surface area contributed by atoms with Crippen molar-refractivity contribution >= 4 is 17.6 Å². The van der Waals surface area contributed by atoms with Crippen molar-refractivity contribution in [3.63, 3.8) is 0 Å². The molecule has 2 N–H and O–H groups in total. The minimum atomic E-state index is -1.48. The third-order valence-electron chi connectivity index (χ3n) is 2.46. The minimum Gasteiger partial charge on any atom is -0.478 e. The molecule has 1 aromatic heterocycles. The van der Waals surface area contributed by atoms with Crippen LogP contribution in [-0.4, -0.2) is 28.7 Å². The summed E-state index contributed by atoms with van der Waals surface area (Å²) in [6.07, 6.45) is 0. The first kappa shape index (κ1) is 14.5.